The van der Waals surface area contributed by atoms with Crippen molar-refractivity contribution in [3.8, 4) is 5.82 Å². The molecule has 1 atom stereocenters. The first kappa shape index (κ1) is 12.8. The number of nitrogens with zero attached hydrogens (tertiary/aromatic N) is 3. The Labute approximate surface area is 117 Å². The number of anilines is 1. The average Bonchev–Trinajstić information content (AvgIpc) is 3.15. The normalized spacial score (nSPS) is 15.8. The van der Waals surface area contributed by atoms with Crippen LogP contribution in [-0.4, -0.2) is 26.7 Å². The van der Waals surface area contributed by atoms with Crippen LogP contribution < -0.4 is 11.1 Å². The molecule has 0 saturated heterocycles. The first-order valence-electron chi connectivity index (χ1n) is 6.74. The maximum absolute atomic E-state index is 12.0. The number of hydrogen-bond donors (Lipinski definition) is 2. The number of rotatable bonds is 5. The van der Waals surface area contributed by atoms with E-state index < -0.39 is 0 Å². The van der Waals surface area contributed by atoms with Crippen LogP contribution in [0.15, 0.2) is 36.8 Å². The van der Waals surface area contributed by atoms with Gasteiger partial charge in [-0.3, -0.25) is 4.79 Å². The minimum Gasteiger partial charge on any atom is -0.327 e. The fourth-order valence-corrected chi connectivity index (χ4v) is 2.18. The van der Waals surface area contributed by atoms with Crippen molar-refractivity contribution in [2.24, 2.45) is 11.7 Å². The number of amides is 1. The van der Waals surface area contributed by atoms with Gasteiger partial charge in [0.2, 0.25) is 5.91 Å². The average molecular weight is 271 g/mol. The number of nitrogens with one attached hydrogen (secondary N) is 1. The van der Waals surface area contributed by atoms with E-state index in [-0.39, 0.29) is 11.9 Å². The standard InChI is InChI=1S/C14H17N5O/c15-11(10-4-5-10)9-13(20)18-12-3-1-6-16-14(12)19-8-2-7-17-19/h1-3,6-8,10-11H,4-5,9,15H2,(H,18,20). The van der Waals surface area contributed by atoms with E-state index in [1.165, 1.54) is 0 Å². The van der Waals surface area contributed by atoms with E-state index in [4.69, 9.17) is 5.73 Å². The molecule has 3 N–H and O–H groups in total. The van der Waals surface area contributed by atoms with Crippen molar-refractivity contribution in [1.82, 2.24) is 14.8 Å². The molecule has 1 fully saturated rings. The summed E-state index contributed by atoms with van der Waals surface area (Å²) in [5, 5.41) is 7.00. The van der Waals surface area contributed by atoms with Crippen molar-refractivity contribution >= 4 is 11.6 Å². The van der Waals surface area contributed by atoms with Gasteiger partial charge in [0.05, 0.1) is 5.69 Å². The Kier molecular flexibility index (Phi) is 3.47. The number of aromatic nitrogens is 3. The molecular weight excluding hydrogens is 254 g/mol. The number of hydrogen-bond acceptors (Lipinski definition) is 4. The van der Waals surface area contributed by atoms with E-state index in [1.54, 1.807) is 29.3 Å². The maximum Gasteiger partial charge on any atom is 0.226 e. The molecule has 3 rings (SSSR count). The molecule has 6 nitrogen and oxygen atoms in total. The zero-order valence-electron chi connectivity index (χ0n) is 11.1. The summed E-state index contributed by atoms with van der Waals surface area (Å²) >= 11 is 0. The molecule has 1 amide bonds. The van der Waals surface area contributed by atoms with Crippen molar-refractivity contribution < 1.29 is 4.79 Å². The van der Waals surface area contributed by atoms with Gasteiger partial charge in [0.25, 0.3) is 0 Å². The highest BCUT2D eigenvalue weighted by Crippen LogP contribution is 2.32. The monoisotopic (exact) mass is 271 g/mol. The number of carbonyl (C=O) groups excluding carboxylic acids is 1. The third kappa shape index (κ3) is 2.85. The number of nitrogens with two attached hydrogens (primary N) is 1. The van der Waals surface area contributed by atoms with Crippen molar-refractivity contribution in [3.63, 3.8) is 0 Å². The predicted octanol–water partition coefficient (Wildman–Crippen LogP) is 1.33. The van der Waals surface area contributed by atoms with Crippen LogP contribution in [0.25, 0.3) is 5.82 Å². The van der Waals surface area contributed by atoms with Gasteiger partial charge in [0.15, 0.2) is 5.82 Å². The molecule has 6 heteroatoms. The maximum atomic E-state index is 12.0. The van der Waals surface area contributed by atoms with Crippen molar-refractivity contribution in [2.45, 2.75) is 25.3 Å². The highest BCUT2D eigenvalue weighted by molar-refractivity contribution is 5.92. The zero-order chi connectivity index (χ0) is 13.9. The van der Waals surface area contributed by atoms with E-state index in [0.29, 0.717) is 23.8 Å². The summed E-state index contributed by atoms with van der Waals surface area (Å²) in [5.41, 5.74) is 6.61. The third-order valence-electron chi connectivity index (χ3n) is 3.43. The van der Waals surface area contributed by atoms with Gasteiger partial charge in [0, 0.05) is 31.1 Å². The molecule has 0 aliphatic heterocycles. The summed E-state index contributed by atoms with van der Waals surface area (Å²) < 4.78 is 1.62. The van der Waals surface area contributed by atoms with Gasteiger partial charge >= 0.3 is 0 Å². The summed E-state index contributed by atoms with van der Waals surface area (Å²) in [6, 6.07) is 5.36. The first-order valence-corrected chi connectivity index (χ1v) is 6.74. The molecule has 2 aromatic heterocycles. The lowest BCUT2D eigenvalue weighted by molar-refractivity contribution is -0.116. The van der Waals surface area contributed by atoms with E-state index in [0.717, 1.165) is 12.8 Å². The van der Waals surface area contributed by atoms with Crippen LogP contribution in [-0.2, 0) is 4.79 Å². The quantitative estimate of drug-likeness (QED) is 0.859. The summed E-state index contributed by atoms with van der Waals surface area (Å²) in [6.45, 7) is 0. The number of pyridine rings is 1. The fourth-order valence-electron chi connectivity index (χ4n) is 2.18. The minimum absolute atomic E-state index is 0.0418. The molecule has 2 heterocycles. The SMILES string of the molecule is NC(CC(=O)Nc1cccnc1-n1cccn1)C1CC1. The van der Waals surface area contributed by atoms with Gasteiger partial charge in [-0.15, -0.1) is 0 Å². The van der Waals surface area contributed by atoms with Gasteiger partial charge in [-0.05, 0) is 37.0 Å². The van der Waals surface area contributed by atoms with Crippen molar-refractivity contribution in [1.29, 1.82) is 0 Å². The number of carbonyl (C=O) groups is 1. The van der Waals surface area contributed by atoms with Crippen molar-refractivity contribution in [3.05, 3.63) is 36.8 Å². The van der Waals surface area contributed by atoms with Gasteiger partial charge in [-0.25, -0.2) is 9.67 Å². The lowest BCUT2D eigenvalue weighted by Gasteiger charge is -2.12. The molecule has 0 radical (unpaired) electrons. The highest BCUT2D eigenvalue weighted by atomic mass is 16.1. The molecule has 1 unspecified atom stereocenters. The smallest absolute Gasteiger partial charge is 0.226 e. The van der Waals surface area contributed by atoms with Crippen molar-refractivity contribution in [2.75, 3.05) is 5.32 Å². The Balaban J connectivity index is 1.72. The molecule has 0 aromatic carbocycles. The Bertz CT molecular complexity index is 591. The molecule has 20 heavy (non-hydrogen) atoms. The van der Waals surface area contributed by atoms with E-state index in [1.807, 2.05) is 12.1 Å². The third-order valence-corrected chi connectivity index (χ3v) is 3.43. The van der Waals surface area contributed by atoms with Crippen LogP contribution in [0.3, 0.4) is 0 Å². The first-order chi connectivity index (χ1) is 9.74. The zero-order valence-corrected chi connectivity index (χ0v) is 11.1. The molecule has 1 aliphatic carbocycles. The lowest BCUT2D eigenvalue weighted by Crippen LogP contribution is -2.29. The summed E-state index contributed by atoms with van der Waals surface area (Å²) in [5.74, 6) is 1.04. The van der Waals surface area contributed by atoms with Gasteiger partial charge < -0.3 is 11.1 Å². The molecule has 1 aliphatic rings. The summed E-state index contributed by atoms with van der Waals surface area (Å²) in [4.78, 5) is 16.3. The van der Waals surface area contributed by atoms with Crippen LogP contribution in [0.1, 0.15) is 19.3 Å². The molecule has 2 aromatic rings. The second-order valence-electron chi connectivity index (χ2n) is 5.08. The Morgan fingerprint density at radius 1 is 1.45 bits per heavy atom. The molecular formula is C14H17N5O. The summed E-state index contributed by atoms with van der Waals surface area (Å²) in [6.07, 6.45) is 7.75. The van der Waals surface area contributed by atoms with Gasteiger partial charge in [-0.1, -0.05) is 0 Å². The van der Waals surface area contributed by atoms with Crippen LogP contribution >= 0.6 is 0 Å². The van der Waals surface area contributed by atoms with Crippen LogP contribution in [0, 0.1) is 5.92 Å². The van der Waals surface area contributed by atoms with Crippen LogP contribution in [0.5, 0.6) is 0 Å². The molecule has 0 bridgehead atoms. The Hall–Kier alpha value is -2.21. The van der Waals surface area contributed by atoms with E-state index in [2.05, 4.69) is 15.4 Å². The fraction of sp³-hybridized carbons (Fsp3) is 0.357. The molecule has 104 valence electrons. The molecule has 1 saturated carbocycles. The van der Waals surface area contributed by atoms with Gasteiger partial charge in [-0.2, -0.15) is 5.10 Å². The topological polar surface area (TPSA) is 85.8 Å². The highest BCUT2D eigenvalue weighted by Gasteiger charge is 2.29. The second-order valence-corrected chi connectivity index (χ2v) is 5.08. The van der Waals surface area contributed by atoms with E-state index in [9.17, 15) is 4.79 Å². The van der Waals surface area contributed by atoms with Crippen LogP contribution in [0.4, 0.5) is 5.69 Å². The second kappa shape index (κ2) is 5.42. The predicted molar refractivity (Wildman–Crippen MR) is 75.3 cm³/mol. The van der Waals surface area contributed by atoms with Gasteiger partial charge in [0.1, 0.15) is 0 Å². The van der Waals surface area contributed by atoms with E-state index >= 15 is 0 Å². The summed E-state index contributed by atoms with van der Waals surface area (Å²) in [7, 11) is 0. The minimum atomic E-state index is -0.0780. The lowest BCUT2D eigenvalue weighted by atomic mass is 10.1. The molecule has 0 spiro atoms. The Morgan fingerprint density at radius 2 is 2.30 bits per heavy atom. The van der Waals surface area contributed by atoms with Crippen LogP contribution in [0.2, 0.25) is 0 Å². The Morgan fingerprint density at radius 3 is 3.00 bits per heavy atom. The largest absolute Gasteiger partial charge is 0.327 e.